The van der Waals surface area contributed by atoms with E-state index in [0.717, 1.165) is 22.8 Å². The Labute approximate surface area is 86.8 Å². The number of aldehydes is 1. The average molecular weight is 201 g/mol. The highest BCUT2D eigenvalue weighted by atomic mass is 16.1. The van der Waals surface area contributed by atoms with Crippen LogP contribution >= 0.6 is 0 Å². The number of nitrogens with one attached hydrogen (secondary N) is 1. The van der Waals surface area contributed by atoms with E-state index < -0.39 is 0 Å². The van der Waals surface area contributed by atoms with E-state index in [9.17, 15) is 4.79 Å². The second-order valence-electron chi connectivity index (χ2n) is 3.22. The fraction of sp³-hybridized carbons (Fsp3) is 0.0909. The van der Waals surface area contributed by atoms with E-state index in [1.54, 1.807) is 0 Å². The number of hydrogen-bond donors (Lipinski definition) is 2. The molecule has 1 aromatic heterocycles. The molecule has 4 nitrogen and oxygen atoms in total. The van der Waals surface area contributed by atoms with Crippen LogP contribution in [0.3, 0.4) is 0 Å². The molecule has 76 valence electrons. The van der Waals surface area contributed by atoms with Crippen LogP contribution in [0.2, 0.25) is 0 Å². The molecule has 3 N–H and O–H groups in total. The zero-order valence-electron chi connectivity index (χ0n) is 8.10. The molecule has 0 aliphatic carbocycles. The molecule has 0 radical (unpaired) electrons. The van der Waals surface area contributed by atoms with Gasteiger partial charge in [0.25, 0.3) is 0 Å². The van der Waals surface area contributed by atoms with Crippen LogP contribution in [-0.2, 0) is 4.79 Å². The molecule has 0 aliphatic rings. The lowest BCUT2D eigenvalue weighted by Gasteiger charge is -1.93. The Hall–Kier alpha value is -2.10. The Morgan fingerprint density at radius 2 is 2.33 bits per heavy atom. The van der Waals surface area contributed by atoms with Crippen LogP contribution in [0.25, 0.3) is 17.0 Å². The van der Waals surface area contributed by atoms with Crippen molar-refractivity contribution in [3.63, 3.8) is 0 Å². The van der Waals surface area contributed by atoms with Crippen molar-refractivity contribution in [2.75, 3.05) is 5.73 Å². The number of fused-ring (bicyclic) bond motifs is 1. The molecule has 0 spiro atoms. The van der Waals surface area contributed by atoms with E-state index in [0.29, 0.717) is 12.2 Å². The summed E-state index contributed by atoms with van der Waals surface area (Å²) in [6.07, 6.45) is 5.01. The molecule has 2 aromatic rings. The zero-order valence-corrected chi connectivity index (χ0v) is 8.10. The standard InChI is InChI=1S/C11H11N3O/c12-11-9-5-4-8(3-1-2-6-15)7-10(9)13-14-11/h1,3-7H,2H2,(H3,12,13,14). The van der Waals surface area contributed by atoms with Gasteiger partial charge in [-0.05, 0) is 17.7 Å². The predicted molar refractivity (Wildman–Crippen MR) is 60.2 cm³/mol. The summed E-state index contributed by atoms with van der Waals surface area (Å²) in [5.41, 5.74) is 7.57. The first-order chi connectivity index (χ1) is 7.31. The van der Waals surface area contributed by atoms with Gasteiger partial charge in [0, 0.05) is 11.8 Å². The summed E-state index contributed by atoms with van der Waals surface area (Å²) in [5.74, 6) is 0.508. The van der Waals surface area contributed by atoms with Crippen molar-refractivity contribution >= 4 is 29.1 Å². The molecular formula is C11H11N3O. The summed E-state index contributed by atoms with van der Waals surface area (Å²) < 4.78 is 0. The van der Waals surface area contributed by atoms with Gasteiger partial charge in [-0.25, -0.2) is 0 Å². The lowest BCUT2D eigenvalue weighted by molar-refractivity contribution is -0.107. The van der Waals surface area contributed by atoms with Gasteiger partial charge in [-0.3, -0.25) is 5.10 Å². The summed E-state index contributed by atoms with van der Waals surface area (Å²) in [6.45, 7) is 0. The molecule has 0 fully saturated rings. The molecule has 0 amide bonds. The number of nitrogens with zero attached hydrogens (tertiary/aromatic N) is 1. The third kappa shape index (κ3) is 1.88. The summed E-state index contributed by atoms with van der Waals surface area (Å²) in [4.78, 5) is 10.1. The molecule has 1 heterocycles. The summed E-state index contributed by atoms with van der Waals surface area (Å²) in [7, 11) is 0. The largest absolute Gasteiger partial charge is 0.382 e. The molecule has 0 saturated carbocycles. The highest BCUT2D eigenvalue weighted by Crippen LogP contribution is 2.19. The maximum atomic E-state index is 10.1. The Morgan fingerprint density at radius 1 is 1.47 bits per heavy atom. The van der Waals surface area contributed by atoms with Crippen LogP contribution in [-0.4, -0.2) is 16.5 Å². The maximum absolute atomic E-state index is 10.1. The number of anilines is 1. The number of benzene rings is 1. The molecule has 0 unspecified atom stereocenters. The Morgan fingerprint density at radius 3 is 3.13 bits per heavy atom. The van der Waals surface area contributed by atoms with Gasteiger partial charge in [0.05, 0.1) is 5.52 Å². The number of hydrogen-bond acceptors (Lipinski definition) is 3. The summed E-state index contributed by atoms with van der Waals surface area (Å²) in [5, 5.41) is 7.67. The van der Waals surface area contributed by atoms with Crippen LogP contribution in [0.1, 0.15) is 12.0 Å². The number of nitrogen functional groups attached to an aromatic ring is 1. The average Bonchev–Trinajstić information content (AvgIpc) is 2.61. The molecule has 0 atom stereocenters. The van der Waals surface area contributed by atoms with Crippen molar-refractivity contribution in [2.45, 2.75) is 6.42 Å². The molecule has 15 heavy (non-hydrogen) atoms. The number of H-pyrrole nitrogens is 1. The number of nitrogens with two attached hydrogens (primary N) is 1. The third-order valence-corrected chi connectivity index (χ3v) is 2.16. The van der Waals surface area contributed by atoms with E-state index in [1.165, 1.54) is 0 Å². The van der Waals surface area contributed by atoms with Crippen molar-refractivity contribution < 1.29 is 4.79 Å². The SMILES string of the molecule is Nc1n[nH]c2cc(C=CCC=O)ccc12. The first kappa shape index (κ1) is 9.45. The van der Waals surface area contributed by atoms with Gasteiger partial charge in [-0.15, -0.1) is 0 Å². The minimum Gasteiger partial charge on any atom is -0.382 e. The van der Waals surface area contributed by atoms with Gasteiger partial charge >= 0.3 is 0 Å². The van der Waals surface area contributed by atoms with Crippen LogP contribution in [0, 0.1) is 0 Å². The second kappa shape index (κ2) is 3.96. The summed E-state index contributed by atoms with van der Waals surface area (Å²) >= 11 is 0. The second-order valence-corrected chi connectivity index (χ2v) is 3.22. The molecule has 0 bridgehead atoms. The number of rotatable bonds is 3. The lowest BCUT2D eigenvalue weighted by Crippen LogP contribution is -1.83. The first-order valence-corrected chi connectivity index (χ1v) is 4.65. The van der Waals surface area contributed by atoms with Crippen molar-refractivity contribution in [1.29, 1.82) is 0 Å². The van der Waals surface area contributed by atoms with E-state index in [4.69, 9.17) is 5.73 Å². The fourth-order valence-corrected chi connectivity index (χ4v) is 1.42. The number of carbonyl (C=O) groups excluding carboxylic acids is 1. The van der Waals surface area contributed by atoms with Crippen LogP contribution in [0.5, 0.6) is 0 Å². The predicted octanol–water partition coefficient (Wildman–Crippen LogP) is 1.75. The smallest absolute Gasteiger partial charge is 0.153 e. The molecule has 2 rings (SSSR count). The number of allylic oxidation sites excluding steroid dienone is 1. The fourth-order valence-electron chi connectivity index (χ4n) is 1.42. The quantitative estimate of drug-likeness (QED) is 0.743. The molecule has 1 aromatic carbocycles. The van der Waals surface area contributed by atoms with Crippen LogP contribution in [0.4, 0.5) is 5.82 Å². The Bertz CT molecular complexity index is 514. The van der Waals surface area contributed by atoms with Crippen LogP contribution < -0.4 is 5.73 Å². The minimum absolute atomic E-state index is 0.434. The van der Waals surface area contributed by atoms with Gasteiger partial charge in [0.15, 0.2) is 5.82 Å². The number of aromatic nitrogens is 2. The summed E-state index contributed by atoms with van der Waals surface area (Å²) in [6, 6.07) is 5.80. The highest BCUT2D eigenvalue weighted by Gasteiger charge is 2.00. The zero-order chi connectivity index (χ0) is 10.7. The first-order valence-electron chi connectivity index (χ1n) is 4.65. The Balaban J connectivity index is 2.34. The van der Waals surface area contributed by atoms with E-state index in [1.807, 2.05) is 30.4 Å². The Kier molecular flexibility index (Phi) is 2.49. The van der Waals surface area contributed by atoms with Gasteiger partial charge < -0.3 is 10.5 Å². The van der Waals surface area contributed by atoms with Gasteiger partial charge in [-0.2, -0.15) is 5.10 Å². The van der Waals surface area contributed by atoms with E-state index >= 15 is 0 Å². The lowest BCUT2D eigenvalue weighted by atomic mass is 10.1. The minimum atomic E-state index is 0.434. The van der Waals surface area contributed by atoms with Crippen molar-refractivity contribution in [2.24, 2.45) is 0 Å². The number of aromatic amines is 1. The highest BCUT2D eigenvalue weighted by molar-refractivity contribution is 5.89. The van der Waals surface area contributed by atoms with Crippen molar-refractivity contribution in [3.05, 3.63) is 29.8 Å². The van der Waals surface area contributed by atoms with Crippen LogP contribution in [0.15, 0.2) is 24.3 Å². The monoisotopic (exact) mass is 201 g/mol. The van der Waals surface area contributed by atoms with Crippen molar-refractivity contribution in [1.82, 2.24) is 10.2 Å². The van der Waals surface area contributed by atoms with Gasteiger partial charge in [0.1, 0.15) is 6.29 Å². The normalized spacial score (nSPS) is 11.2. The molecular weight excluding hydrogens is 190 g/mol. The van der Waals surface area contributed by atoms with Crippen molar-refractivity contribution in [3.8, 4) is 0 Å². The number of carbonyl (C=O) groups is 1. The van der Waals surface area contributed by atoms with Gasteiger partial charge in [0.2, 0.25) is 0 Å². The van der Waals surface area contributed by atoms with E-state index in [-0.39, 0.29) is 0 Å². The molecule has 0 aliphatic heterocycles. The van der Waals surface area contributed by atoms with E-state index in [2.05, 4.69) is 10.2 Å². The maximum Gasteiger partial charge on any atom is 0.153 e. The third-order valence-electron chi connectivity index (χ3n) is 2.16. The van der Waals surface area contributed by atoms with Gasteiger partial charge in [-0.1, -0.05) is 18.2 Å². The topological polar surface area (TPSA) is 71.8 Å². The molecule has 4 heteroatoms. The molecule has 0 saturated heterocycles.